The van der Waals surface area contributed by atoms with E-state index in [4.69, 9.17) is 5.11 Å². The Hall–Kier alpha value is -0.930. The molecule has 0 amide bonds. The maximum Gasteiger partial charge on any atom is 0.128 e. The molecule has 0 aliphatic heterocycles. The van der Waals surface area contributed by atoms with Gasteiger partial charge >= 0.3 is 0 Å². The number of hydrogen-bond acceptors (Lipinski definition) is 2. The first-order chi connectivity index (χ1) is 7.22. The van der Waals surface area contributed by atoms with Gasteiger partial charge in [0.15, 0.2) is 0 Å². The number of rotatable bonds is 5. The average Bonchev–Trinajstić information content (AvgIpc) is 2.27. The summed E-state index contributed by atoms with van der Waals surface area (Å²) >= 11 is 0. The molecule has 15 heavy (non-hydrogen) atoms. The fraction of sp³-hybridized carbons (Fsp3) is 0.500. The van der Waals surface area contributed by atoms with Gasteiger partial charge in [0.1, 0.15) is 5.82 Å². The molecule has 0 saturated carbocycles. The highest BCUT2D eigenvalue weighted by molar-refractivity contribution is 5.28. The summed E-state index contributed by atoms with van der Waals surface area (Å²) in [6, 6.07) is 4.84. The zero-order valence-electron chi connectivity index (χ0n) is 9.33. The third-order valence-electron chi connectivity index (χ3n) is 2.66. The van der Waals surface area contributed by atoms with Crippen LogP contribution in [0, 0.1) is 5.82 Å². The van der Waals surface area contributed by atoms with Crippen LogP contribution in [0.4, 0.5) is 4.39 Å². The number of benzene rings is 1. The Morgan fingerprint density at radius 2 is 1.93 bits per heavy atom. The van der Waals surface area contributed by atoms with Crippen LogP contribution in [0.3, 0.4) is 0 Å². The van der Waals surface area contributed by atoms with Gasteiger partial charge < -0.3 is 5.11 Å². The molecular weight excluding hydrogens is 193 g/mol. The third kappa shape index (κ3) is 3.01. The van der Waals surface area contributed by atoms with Crippen LogP contribution in [0.5, 0.6) is 0 Å². The summed E-state index contributed by atoms with van der Waals surface area (Å²) in [6.45, 7) is 6.32. The highest BCUT2D eigenvalue weighted by atomic mass is 19.1. The maximum atomic E-state index is 13.5. The molecule has 0 spiro atoms. The van der Waals surface area contributed by atoms with Gasteiger partial charge in [-0.2, -0.15) is 0 Å². The fourth-order valence-electron chi connectivity index (χ4n) is 1.60. The van der Waals surface area contributed by atoms with Gasteiger partial charge in [0.2, 0.25) is 0 Å². The van der Waals surface area contributed by atoms with Crippen LogP contribution in [-0.4, -0.2) is 23.1 Å². The van der Waals surface area contributed by atoms with Crippen molar-refractivity contribution in [2.75, 3.05) is 13.1 Å². The van der Waals surface area contributed by atoms with Crippen LogP contribution in [0.2, 0.25) is 0 Å². The lowest BCUT2D eigenvalue weighted by molar-refractivity contribution is 0.266. The second-order valence-corrected chi connectivity index (χ2v) is 3.50. The Bertz CT molecular complexity index is 310. The molecule has 1 aromatic rings. The van der Waals surface area contributed by atoms with Gasteiger partial charge in [-0.25, -0.2) is 4.39 Å². The molecule has 0 aromatic heterocycles. The molecule has 1 aromatic carbocycles. The van der Waals surface area contributed by atoms with E-state index in [-0.39, 0.29) is 12.4 Å². The van der Waals surface area contributed by atoms with Crippen LogP contribution in [-0.2, 0) is 13.2 Å². The summed E-state index contributed by atoms with van der Waals surface area (Å²) in [5.74, 6) is -0.228. The first kappa shape index (κ1) is 12.1. The first-order valence-electron chi connectivity index (χ1n) is 5.32. The lowest BCUT2D eigenvalue weighted by atomic mass is 10.1. The van der Waals surface area contributed by atoms with Gasteiger partial charge in [-0.05, 0) is 24.7 Å². The Morgan fingerprint density at radius 1 is 1.27 bits per heavy atom. The summed E-state index contributed by atoms with van der Waals surface area (Å²) in [5, 5.41) is 9.12. The minimum absolute atomic E-state index is 0.103. The minimum atomic E-state index is -0.228. The standard InChI is InChI=1S/C12H18FNO/c1-3-14(4-2)8-11-10(9-15)6-5-7-12(11)13/h5-7,15H,3-4,8-9H2,1-2H3. The van der Waals surface area contributed by atoms with Crippen molar-refractivity contribution >= 4 is 0 Å². The highest BCUT2D eigenvalue weighted by Crippen LogP contribution is 2.15. The average molecular weight is 211 g/mol. The van der Waals surface area contributed by atoms with Crippen molar-refractivity contribution in [1.82, 2.24) is 4.90 Å². The van der Waals surface area contributed by atoms with Crippen LogP contribution in [0.1, 0.15) is 25.0 Å². The third-order valence-corrected chi connectivity index (χ3v) is 2.66. The topological polar surface area (TPSA) is 23.5 Å². The zero-order valence-corrected chi connectivity index (χ0v) is 9.33. The molecule has 2 nitrogen and oxygen atoms in total. The fourth-order valence-corrected chi connectivity index (χ4v) is 1.60. The van der Waals surface area contributed by atoms with E-state index in [0.717, 1.165) is 13.1 Å². The number of aliphatic hydroxyl groups is 1. The quantitative estimate of drug-likeness (QED) is 0.806. The zero-order chi connectivity index (χ0) is 11.3. The van der Waals surface area contributed by atoms with Crippen LogP contribution < -0.4 is 0 Å². The van der Waals surface area contributed by atoms with E-state index < -0.39 is 0 Å². The Kier molecular flexibility index (Phi) is 4.72. The minimum Gasteiger partial charge on any atom is -0.392 e. The van der Waals surface area contributed by atoms with Crippen molar-refractivity contribution < 1.29 is 9.50 Å². The van der Waals surface area contributed by atoms with Crippen molar-refractivity contribution in [1.29, 1.82) is 0 Å². The smallest absolute Gasteiger partial charge is 0.128 e. The molecule has 1 rings (SSSR count). The van der Waals surface area contributed by atoms with Gasteiger partial charge in [0.05, 0.1) is 6.61 Å². The molecule has 84 valence electrons. The molecule has 0 atom stereocenters. The van der Waals surface area contributed by atoms with E-state index in [1.54, 1.807) is 12.1 Å². The van der Waals surface area contributed by atoms with Crippen LogP contribution >= 0.6 is 0 Å². The van der Waals surface area contributed by atoms with Gasteiger partial charge in [-0.1, -0.05) is 26.0 Å². The summed E-state index contributed by atoms with van der Waals surface area (Å²) < 4.78 is 13.5. The van der Waals surface area contributed by atoms with E-state index >= 15 is 0 Å². The predicted octanol–water partition coefficient (Wildman–Crippen LogP) is 2.16. The molecule has 0 unspecified atom stereocenters. The van der Waals surface area contributed by atoms with Gasteiger partial charge in [-0.3, -0.25) is 4.90 Å². The predicted molar refractivity (Wildman–Crippen MR) is 58.9 cm³/mol. The van der Waals surface area contributed by atoms with Crippen molar-refractivity contribution in [3.63, 3.8) is 0 Å². The van der Waals surface area contributed by atoms with Crippen molar-refractivity contribution in [2.45, 2.75) is 27.0 Å². The van der Waals surface area contributed by atoms with E-state index in [0.29, 0.717) is 17.7 Å². The number of aliphatic hydroxyl groups excluding tert-OH is 1. The monoisotopic (exact) mass is 211 g/mol. The molecule has 0 radical (unpaired) electrons. The summed E-state index contributed by atoms with van der Waals surface area (Å²) in [7, 11) is 0. The largest absolute Gasteiger partial charge is 0.392 e. The molecule has 0 heterocycles. The summed E-state index contributed by atoms with van der Waals surface area (Å²) in [5.41, 5.74) is 1.30. The van der Waals surface area contributed by atoms with Crippen molar-refractivity contribution in [3.05, 3.63) is 35.1 Å². The molecule has 1 N–H and O–H groups in total. The first-order valence-corrected chi connectivity index (χ1v) is 5.32. The SMILES string of the molecule is CCN(CC)Cc1c(F)cccc1CO. The van der Waals surface area contributed by atoms with Crippen molar-refractivity contribution in [2.24, 2.45) is 0 Å². The molecule has 3 heteroatoms. The number of hydrogen-bond donors (Lipinski definition) is 1. The second kappa shape index (κ2) is 5.83. The molecular formula is C12H18FNO. The molecule has 0 fully saturated rings. The highest BCUT2D eigenvalue weighted by Gasteiger charge is 2.10. The molecule has 0 aliphatic rings. The van der Waals surface area contributed by atoms with Crippen molar-refractivity contribution in [3.8, 4) is 0 Å². The molecule has 0 bridgehead atoms. The summed E-state index contributed by atoms with van der Waals surface area (Å²) in [6.07, 6.45) is 0. The molecule has 0 aliphatic carbocycles. The second-order valence-electron chi connectivity index (χ2n) is 3.50. The van der Waals surface area contributed by atoms with E-state index in [1.165, 1.54) is 6.07 Å². The molecule has 0 saturated heterocycles. The summed E-state index contributed by atoms with van der Waals surface area (Å²) in [4.78, 5) is 2.12. The van der Waals surface area contributed by atoms with E-state index in [1.807, 2.05) is 13.8 Å². The van der Waals surface area contributed by atoms with E-state index in [9.17, 15) is 4.39 Å². The lowest BCUT2D eigenvalue weighted by Gasteiger charge is -2.20. The van der Waals surface area contributed by atoms with Gasteiger partial charge in [0, 0.05) is 12.1 Å². The van der Waals surface area contributed by atoms with Crippen LogP contribution in [0.15, 0.2) is 18.2 Å². The normalized spacial score (nSPS) is 11.0. The lowest BCUT2D eigenvalue weighted by Crippen LogP contribution is -2.23. The van der Waals surface area contributed by atoms with Gasteiger partial charge in [-0.15, -0.1) is 0 Å². The maximum absolute atomic E-state index is 13.5. The number of nitrogens with zero attached hydrogens (tertiary/aromatic N) is 1. The van der Waals surface area contributed by atoms with Gasteiger partial charge in [0.25, 0.3) is 0 Å². The number of halogens is 1. The Labute approximate surface area is 90.3 Å². The van der Waals surface area contributed by atoms with E-state index in [2.05, 4.69) is 4.90 Å². The van der Waals surface area contributed by atoms with Crippen LogP contribution in [0.25, 0.3) is 0 Å². The Balaban J connectivity index is 2.91. The Morgan fingerprint density at radius 3 is 2.47 bits per heavy atom.